The first-order chi connectivity index (χ1) is 15.0. The van der Waals surface area contributed by atoms with Gasteiger partial charge in [-0.25, -0.2) is 8.42 Å². The molecule has 1 aliphatic heterocycles. The first-order valence-corrected chi connectivity index (χ1v) is 12.2. The van der Waals surface area contributed by atoms with Gasteiger partial charge in [0.1, 0.15) is 0 Å². The van der Waals surface area contributed by atoms with E-state index in [9.17, 15) is 13.2 Å². The van der Waals surface area contributed by atoms with Crippen LogP contribution in [0.5, 0.6) is 0 Å². The van der Waals surface area contributed by atoms with Crippen LogP contribution in [0.2, 0.25) is 0 Å². The van der Waals surface area contributed by atoms with Crippen molar-refractivity contribution < 1.29 is 13.2 Å². The van der Waals surface area contributed by atoms with E-state index in [1.165, 1.54) is 0 Å². The zero-order valence-corrected chi connectivity index (χ0v) is 18.4. The molecule has 1 N–H and O–H groups in total. The van der Waals surface area contributed by atoms with E-state index in [1.807, 2.05) is 66.7 Å². The van der Waals surface area contributed by atoms with Crippen molar-refractivity contribution in [3.05, 3.63) is 77.9 Å². The number of hydrogen-bond acceptors (Lipinski definition) is 4. The Kier molecular flexibility index (Phi) is 6.36. The van der Waals surface area contributed by atoms with Crippen molar-refractivity contribution in [1.29, 1.82) is 0 Å². The summed E-state index contributed by atoms with van der Waals surface area (Å²) in [7, 11) is -3.11. The maximum atomic E-state index is 12.7. The summed E-state index contributed by atoms with van der Waals surface area (Å²) in [5.74, 6) is 0.0104. The molecule has 4 rings (SSSR count). The highest BCUT2D eigenvalue weighted by Gasteiger charge is 2.25. The van der Waals surface area contributed by atoms with Gasteiger partial charge in [0.25, 0.3) is 5.91 Å². The van der Waals surface area contributed by atoms with Crippen molar-refractivity contribution in [2.75, 3.05) is 37.2 Å². The minimum absolute atomic E-state index is 0.138. The average molecular weight is 438 g/mol. The topological polar surface area (TPSA) is 69.7 Å². The SMILES string of the molecule is CCS(=O)(=O)N1CCN(Cc2ccc(C(=O)Nc3cccc4ccccc34)cc2)CC1. The Morgan fingerprint density at radius 1 is 0.903 bits per heavy atom. The number of piperazine rings is 1. The van der Waals surface area contributed by atoms with Gasteiger partial charge in [0.15, 0.2) is 0 Å². The van der Waals surface area contributed by atoms with Crippen LogP contribution in [0.1, 0.15) is 22.8 Å². The number of benzene rings is 3. The molecule has 162 valence electrons. The van der Waals surface area contributed by atoms with E-state index in [0.717, 1.165) is 28.6 Å². The van der Waals surface area contributed by atoms with Crippen LogP contribution in [-0.2, 0) is 16.6 Å². The van der Waals surface area contributed by atoms with Crippen LogP contribution in [0.25, 0.3) is 10.8 Å². The molecule has 0 saturated carbocycles. The molecule has 3 aromatic carbocycles. The second-order valence-electron chi connectivity index (χ2n) is 7.75. The lowest BCUT2D eigenvalue weighted by Crippen LogP contribution is -2.48. The summed E-state index contributed by atoms with van der Waals surface area (Å²) >= 11 is 0. The number of anilines is 1. The van der Waals surface area contributed by atoms with Gasteiger partial charge in [-0.05, 0) is 36.1 Å². The minimum atomic E-state index is -3.11. The summed E-state index contributed by atoms with van der Waals surface area (Å²) < 4.78 is 25.6. The van der Waals surface area contributed by atoms with Crippen molar-refractivity contribution in [2.24, 2.45) is 0 Å². The fourth-order valence-corrected chi connectivity index (χ4v) is 4.98. The fourth-order valence-electron chi connectivity index (χ4n) is 3.90. The van der Waals surface area contributed by atoms with Gasteiger partial charge in [-0.2, -0.15) is 4.31 Å². The van der Waals surface area contributed by atoms with Crippen molar-refractivity contribution in [3.8, 4) is 0 Å². The highest BCUT2D eigenvalue weighted by molar-refractivity contribution is 7.89. The summed E-state index contributed by atoms with van der Waals surface area (Å²) in [6.45, 7) is 4.90. The number of rotatable bonds is 6. The van der Waals surface area contributed by atoms with Gasteiger partial charge >= 0.3 is 0 Å². The number of amides is 1. The monoisotopic (exact) mass is 437 g/mol. The third-order valence-corrected chi connectivity index (χ3v) is 7.63. The van der Waals surface area contributed by atoms with Crippen LogP contribution >= 0.6 is 0 Å². The molecule has 1 aliphatic rings. The smallest absolute Gasteiger partial charge is 0.255 e. The third-order valence-electron chi connectivity index (χ3n) is 5.75. The third kappa shape index (κ3) is 4.95. The Labute approximate surface area is 183 Å². The lowest BCUT2D eigenvalue weighted by molar-refractivity contribution is 0.102. The number of carbonyl (C=O) groups is 1. The summed E-state index contributed by atoms with van der Waals surface area (Å²) in [6.07, 6.45) is 0. The van der Waals surface area contributed by atoms with Gasteiger partial charge < -0.3 is 5.32 Å². The second kappa shape index (κ2) is 9.18. The molecule has 6 nitrogen and oxygen atoms in total. The summed E-state index contributed by atoms with van der Waals surface area (Å²) in [4.78, 5) is 15.0. The van der Waals surface area contributed by atoms with Crippen LogP contribution in [0.4, 0.5) is 5.69 Å². The number of carbonyl (C=O) groups excluding carboxylic acids is 1. The molecule has 0 atom stereocenters. The van der Waals surface area contributed by atoms with Crippen LogP contribution in [0.3, 0.4) is 0 Å². The van der Waals surface area contributed by atoms with Gasteiger partial charge in [0.05, 0.1) is 5.75 Å². The molecule has 1 fully saturated rings. The zero-order chi connectivity index (χ0) is 21.8. The first kappa shape index (κ1) is 21.5. The Hall–Kier alpha value is -2.74. The predicted molar refractivity (Wildman–Crippen MR) is 125 cm³/mol. The summed E-state index contributed by atoms with van der Waals surface area (Å²) in [5.41, 5.74) is 2.51. The second-order valence-corrected chi connectivity index (χ2v) is 10.0. The van der Waals surface area contributed by atoms with Crippen LogP contribution in [0.15, 0.2) is 66.7 Å². The van der Waals surface area contributed by atoms with E-state index >= 15 is 0 Å². The normalized spacial score (nSPS) is 15.8. The van der Waals surface area contributed by atoms with E-state index in [-0.39, 0.29) is 11.7 Å². The van der Waals surface area contributed by atoms with Crippen LogP contribution < -0.4 is 5.32 Å². The maximum Gasteiger partial charge on any atom is 0.255 e. The molecule has 0 bridgehead atoms. The average Bonchev–Trinajstić information content (AvgIpc) is 2.80. The van der Waals surface area contributed by atoms with Gasteiger partial charge in [0, 0.05) is 49.4 Å². The molecule has 1 saturated heterocycles. The maximum absolute atomic E-state index is 12.7. The van der Waals surface area contributed by atoms with Crippen LogP contribution in [-0.4, -0.2) is 55.5 Å². The molecule has 0 spiro atoms. The van der Waals surface area contributed by atoms with Crippen LogP contribution in [0, 0.1) is 0 Å². The van der Waals surface area contributed by atoms with Gasteiger partial charge in [0.2, 0.25) is 10.0 Å². The molecule has 1 amide bonds. The number of sulfonamides is 1. The molecular formula is C24H27N3O3S. The molecule has 1 heterocycles. The zero-order valence-electron chi connectivity index (χ0n) is 17.6. The summed E-state index contributed by atoms with van der Waals surface area (Å²) in [5, 5.41) is 5.11. The molecule has 0 aliphatic carbocycles. The van der Waals surface area contributed by atoms with Gasteiger partial charge in [-0.3, -0.25) is 9.69 Å². The first-order valence-electron chi connectivity index (χ1n) is 10.5. The lowest BCUT2D eigenvalue weighted by Gasteiger charge is -2.33. The van der Waals surface area contributed by atoms with Crippen molar-refractivity contribution in [2.45, 2.75) is 13.5 Å². The Morgan fingerprint density at radius 3 is 2.29 bits per heavy atom. The van der Waals surface area contributed by atoms with Gasteiger partial charge in [-0.1, -0.05) is 48.5 Å². The van der Waals surface area contributed by atoms with Crippen molar-refractivity contribution in [1.82, 2.24) is 9.21 Å². The molecule has 0 radical (unpaired) electrons. The Morgan fingerprint density at radius 2 is 1.58 bits per heavy atom. The molecule has 31 heavy (non-hydrogen) atoms. The number of fused-ring (bicyclic) bond motifs is 1. The van der Waals surface area contributed by atoms with Crippen molar-refractivity contribution in [3.63, 3.8) is 0 Å². The number of nitrogens with zero attached hydrogens (tertiary/aromatic N) is 2. The van der Waals surface area contributed by atoms with E-state index < -0.39 is 10.0 Å². The highest BCUT2D eigenvalue weighted by atomic mass is 32.2. The van der Waals surface area contributed by atoms with Gasteiger partial charge in [-0.15, -0.1) is 0 Å². The molecule has 0 aromatic heterocycles. The standard InChI is InChI=1S/C24H27N3O3S/c1-2-31(29,30)27-16-14-26(15-17-27)18-19-10-12-21(13-11-19)24(28)25-23-9-5-7-20-6-3-4-8-22(20)23/h3-13H,2,14-18H2,1H3,(H,25,28). The quantitative estimate of drug-likeness (QED) is 0.640. The minimum Gasteiger partial charge on any atom is -0.321 e. The number of nitrogens with one attached hydrogen (secondary N) is 1. The highest BCUT2D eigenvalue weighted by Crippen LogP contribution is 2.23. The van der Waals surface area contributed by atoms with E-state index in [2.05, 4.69) is 10.2 Å². The fraction of sp³-hybridized carbons (Fsp3) is 0.292. The van der Waals surface area contributed by atoms with Crippen molar-refractivity contribution >= 4 is 32.4 Å². The largest absolute Gasteiger partial charge is 0.321 e. The lowest BCUT2D eigenvalue weighted by atomic mass is 10.1. The predicted octanol–water partition coefficient (Wildman–Crippen LogP) is 3.56. The molecule has 3 aromatic rings. The van der Waals surface area contributed by atoms with E-state index in [4.69, 9.17) is 0 Å². The van der Waals surface area contributed by atoms with E-state index in [0.29, 0.717) is 31.7 Å². The molecule has 7 heteroatoms. The Bertz CT molecular complexity index is 1160. The van der Waals surface area contributed by atoms with E-state index in [1.54, 1.807) is 11.2 Å². The molecule has 0 unspecified atom stereocenters. The summed E-state index contributed by atoms with van der Waals surface area (Å²) in [6, 6.07) is 21.5. The molecular weight excluding hydrogens is 410 g/mol. The Balaban J connectivity index is 1.37. The number of hydrogen-bond donors (Lipinski definition) is 1.